The molecule has 1 aliphatic heterocycles. The van der Waals surface area contributed by atoms with Gasteiger partial charge in [0.25, 0.3) is 5.91 Å². The molecule has 7 nitrogen and oxygen atoms in total. The number of benzene rings is 2. The molecule has 1 heterocycles. The number of carbonyl (C=O) groups excluding carboxylic acids is 3. The normalized spacial score (nSPS) is 14.4. The molecule has 2 amide bonds. The Bertz CT molecular complexity index is 987. The summed E-state index contributed by atoms with van der Waals surface area (Å²) in [7, 11) is 0. The average molecular weight is 439 g/mol. The van der Waals surface area contributed by atoms with E-state index in [1.54, 1.807) is 25.7 Å². The summed E-state index contributed by atoms with van der Waals surface area (Å²) in [5.74, 6) is -0.279. The summed E-state index contributed by atoms with van der Waals surface area (Å²) in [6, 6.07) is 15.1. The Morgan fingerprint density at radius 3 is 2.53 bits per heavy atom. The standard InChI is InChI=1S/C25H30N2O5/c1-5-31-23(29)17-26(16-19-9-7-6-8-10-19)22(28)13-14-27-20-15-18(2)11-12-21(20)32-25(3,4)24(27)30/h6-12,15H,5,13-14,16-17H2,1-4H3. The van der Waals surface area contributed by atoms with Crippen LogP contribution in [0.1, 0.15) is 38.3 Å². The molecule has 0 atom stereocenters. The van der Waals surface area contributed by atoms with Crippen molar-refractivity contribution in [1.82, 2.24) is 4.90 Å². The fourth-order valence-electron chi connectivity index (χ4n) is 3.66. The van der Waals surface area contributed by atoms with Gasteiger partial charge in [0.2, 0.25) is 5.91 Å². The van der Waals surface area contributed by atoms with E-state index in [9.17, 15) is 14.4 Å². The van der Waals surface area contributed by atoms with Crippen LogP contribution in [0.5, 0.6) is 5.75 Å². The van der Waals surface area contributed by atoms with Crippen molar-refractivity contribution in [3.63, 3.8) is 0 Å². The van der Waals surface area contributed by atoms with E-state index in [1.165, 1.54) is 4.90 Å². The second kappa shape index (κ2) is 9.85. The molecule has 32 heavy (non-hydrogen) atoms. The Labute approximate surface area is 188 Å². The fourth-order valence-corrected chi connectivity index (χ4v) is 3.66. The highest BCUT2D eigenvalue weighted by Gasteiger charge is 2.41. The van der Waals surface area contributed by atoms with Crippen LogP contribution < -0.4 is 9.64 Å². The van der Waals surface area contributed by atoms with Crippen molar-refractivity contribution in [2.75, 3.05) is 24.6 Å². The summed E-state index contributed by atoms with van der Waals surface area (Å²) in [6.45, 7) is 7.69. The predicted octanol–water partition coefficient (Wildman–Crippen LogP) is 3.48. The lowest BCUT2D eigenvalue weighted by molar-refractivity contribution is -0.149. The maximum Gasteiger partial charge on any atom is 0.325 e. The molecule has 0 saturated heterocycles. The van der Waals surface area contributed by atoms with Gasteiger partial charge in [-0.15, -0.1) is 0 Å². The highest BCUT2D eigenvalue weighted by atomic mass is 16.5. The lowest BCUT2D eigenvalue weighted by atomic mass is 10.0. The topological polar surface area (TPSA) is 76.2 Å². The molecule has 0 saturated carbocycles. The predicted molar refractivity (Wildman–Crippen MR) is 121 cm³/mol. The smallest absolute Gasteiger partial charge is 0.325 e. The number of amides is 2. The van der Waals surface area contributed by atoms with E-state index in [0.29, 0.717) is 11.4 Å². The Balaban J connectivity index is 1.77. The lowest BCUT2D eigenvalue weighted by Gasteiger charge is -2.39. The molecule has 1 aliphatic rings. The Morgan fingerprint density at radius 1 is 1.12 bits per heavy atom. The zero-order valence-corrected chi connectivity index (χ0v) is 19.1. The number of hydrogen-bond acceptors (Lipinski definition) is 5. The quantitative estimate of drug-likeness (QED) is 0.590. The van der Waals surface area contributed by atoms with Crippen LogP contribution in [-0.2, 0) is 25.7 Å². The number of rotatable bonds is 8. The third kappa shape index (κ3) is 5.46. The summed E-state index contributed by atoms with van der Waals surface area (Å²) < 4.78 is 10.9. The van der Waals surface area contributed by atoms with Crippen LogP contribution in [0.15, 0.2) is 48.5 Å². The van der Waals surface area contributed by atoms with Crippen molar-refractivity contribution in [3.8, 4) is 5.75 Å². The van der Waals surface area contributed by atoms with Crippen molar-refractivity contribution in [2.45, 2.75) is 46.3 Å². The minimum atomic E-state index is -1.03. The van der Waals surface area contributed by atoms with Crippen molar-refractivity contribution in [1.29, 1.82) is 0 Å². The first-order valence-electron chi connectivity index (χ1n) is 10.8. The number of fused-ring (bicyclic) bond motifs is 1. The molecule has 0 spiro atoms. The van der Waals surface area contributed by atoms with Crippen molar-refractivity contribution < 1.29 is 23.9 Å². The van der Waals surface area contributed by atoms with Crippen LogP contribution in [0, 0.1) is 6.92 Å². The van der Waals surface area contributed by atoms with Gasteiger partial charge in [-0.05, 0) is 51.0 Å². The number of esters is 1. The molecule has 7 heteroatoms. The molecule has 2 aromatic carbocycles. The minimum absolute atomic E-state index is 0.0709. The van der Waals surface area contributed by atoms with Gasteiger partial charge >= 0.3 is 5.97 Å². The Morgan fingerprint density at radius 2 is 1.84 bits per heavy atom. The zero-order chi connectivity index (χ0) is 23.3. The van der Waals surface area contributed by atoms with Gasteiger partial charge in [0, 0.05) is 19.5 Å². The molecule has 0 aliphatic carbocycles. The molecule has 0 N–H and O–H groups in total. The maximum absolute atomic E-state index is 13.1. The second-order valence-electron chi connectivity index (χ2n) is 8.33. The molecular weight excluding hydrogens is 408 g/mol. The fraction of sp³-hybridized carbons (Fsp3) is 0.400. The van der Waals surface area contributed by atoms with Crippen LogP contribution in [0.2, 0.25) is 0 Å². The van der Waals surface area contributed by atoms with Crippen LogP contribution >= 0.6 is 0 Å². The number of aryl methyl sites for hydroxylation is 1. The largest absolute Gasteiger partial charge is 0.476 e. The molecule has 0 bridgehead atoms. The highest BCUT2D eigenvalue weighted by Crippen LogP contribution is 2.38. The maximum atomic E-state index is 13.1. The first kappa shape index (κ1) is 23.3. The van der Waals surface area contributed by atoms with Crippen LogP contribution in [0.4, 0.5) is 5.69 Å². The van der Waals surface area contributed by atoms with Gasteiger partial charge in [-0.2, -0.15) is 0 Å². The van der Waals surface area contributed by atoms with Gasteiger partial charge in [-0.1, -0.05) is 36.4 Å². The molecule has 170 valence electrons. The number of carbonyl (C=O) groups is 3. The van der Waals surface area contributed by atoms with Gasteiger partial charge in [-0.3, -0.25) is 14.4 Å². The Hall–Kier alpha value is -3.35. The molecule has 2 aromatic rings. The first-order chi connectivity index (χ1) is 15.2. The van der Waals surface area contributed by atoms with Crippen molar-refractivity contribution in [3.05, 3.63) is 59.7 Å². The molecule has 0 fully saturated rings. The summed E-state index contributed by atoms with van der Waals surface area (Å²) in [6.07, 6.45) is 0.0709. The van der Waals surface area contributed by atoms with Crippen LogP contribution in [-0.4, -0.2) is 48.0 Å². The summed E-state index contributed by atoms with van der Waals surface area (Å²) in [5.41, 5.74) is 1.53. The SMILES string of the molecule is CCOC(=O)CN(Cc1ccccc1)C(=O)CCN1C(=O)C(C)(C)Oc2ccc(C)cc21. The molecule has 0 radical (unpaired) electrons. The van der Waals surface area contributed by atoms with E-state index < -0.39 is 11.6 Å². The molecule has 0 aromatic heterocycles. The number of nitrogens with zero attached hydrogens (tertiary/aromatic N) is 2. The number of ether oxygens (including phenoxy) is 2. The van der Waals surface area contributed by atoms with E-state index in [1.807, 2.05) is 55.5 Å². The van der Waals surface area contributed by atoms with E-state index in [2.05, 4.69) is 0 Å². The summed E-state index contributed by atoms with van der Waals surface area (Å²) in [4.78, 5) is 41.4. The van der Waals surface area contributed by atoms with Gasteiger partial charge in [-0.25, -0.2) is 0 Å². The van der Waals surface area contributed by atoms with Gasteiger partial charge in [0.1, 0.15) is 12.3 Å². The number of hydrogen-bond donors (Lipinski definition) is 0. The monoisotopic (exact) mass is 438 g/mol. The number of anilines is 1. The van der Waals surface area contributed by atoms with Crippen molar-refractivity contribution >= 4 is 23.5 Å². The third-order valence-corrected chi connectivity index (χ3v) is 5.27. The lowest BCUT2D eigenvalue weighted by Crippen LogP contribution is -2.53. The van der Waals surface area contributed by atoms with E-state index in [0.717, 1.165) is 11.1 Å². The van der Waals surface area contributed by atoms with Crippen LogP contribution in [0.25, 0.3) is 0 Å². The third-order valence-electron chi connectivity index (χ3n) is 5.27. The first-order valence-corrected chi connectivity index (χ1v) is 10.8. The van der Waals surface area contributed by atoms with Gasteiger partial charge in [0.05, 0.1) is 12.3 Å². The molecular formula is C25H30N2O5. The van der Waals surface area contributed by atoms with E-state index in [4.69, 9.17) is 9.47 Å². The zero-order valence-electron chi connectivity index (χ0n) is 19.1. The minimum Gasteiger partial charge on any atom is -0.476 e. The van der Waals surface area contributed by atoms with Gasteiger partial charge < -0.3 is 19.3 Å². The highest BCUT2D eigenvalue weighted by molar-refractivity contribution is 6.02. The van der Waals surface area contributed by atoms with E-state index in [-0.39, 0.29) is 44.5 Å². The molecule has 0 unspecified atom stereocenters. The van der Waals surface area contributed by atoms with E-state index >= 15 is 0 Å². The van der Waals surface area contributed by atoms with Crippen LogP contribution in [0.3, 0.4) is 0 Å². The second-order valence-corrected chi connectivity index (χ2v) is 8.33. The molecule has 3 rings (SSSR count). The summed E-state index contributed by atoms with van der Waals surface area (Å²) >= 11 is 0. The Kier molecular flexibility index (Phi) is 7.18. The van der Waals surface area contributed by atoms with Gasteiger partial charge in [0.15, 0.2) is 5.60 Å². The van der Waals surface area contributed by atoms with Crippen molar-refractivity contribution in [2.24, 2.45) is 0 Å². The average Bonchev–Trinajstić information content (AvgIpc) is 2.75. The summed E-state index contributed by atoms with van der Waals surface area (Å²) in [5, 5.41) is 0.